The smallest absolute Gasteiger partial charge is 0.242 e. The second-order valence-corrected chi connectivity index (χ2v) is 12.5. The van der Waals surface area contributed by atoms with Crippen LogP contribution in [0.1, 0.15) is 31.4 Å². The molecule has 2 aromatic rings. The van der Waals surface area contributed by atoms with Crippen LogP contribution in [0.4, 0.5) is 0 Å². The van der Waals surface area contributed by atoms with Crippen LogP contribution in [0.15, 0.2) is 60.7 Å². The largest absolute Gasteiger partial charge is 0.394 e. The molecule has 0 aliphatic heterocycles. The highest BCUT2D eigenvalue weighted by molar-refractivity contribution is 5.95. The number of carbonyl (C=O) groups excluding carboxylic acids is 7. The summed E-state index contributed by atoms with van der Waals surface area (Å²) in [5.74, 6) is -5.22. The Morgan fingerprint density at radius 3 is 1.81 bits per heavy atom. The number of ether oxygens (including phenoxy) is 2. The molecule has 5 N–H and O–H groups in total. The van der Waals surface area contributed by atoms with Gasteiger partial charge >= 0.3 is 0 Å². The number of amides is 6. The molecule has 0 bridgehead atoms. The number of rotatable bonds is 24. The average molecular weight is 741 g/mol. The van der Waals surface area contributed by atoms with E-state index in [-0.39, 0.29) is 58.1 Å². The SMILES string of the molecule is COCCN(CC(=O)N(CC(=O)N(CCOC)CC(=O)NC(CO)C(=O)C[C@@H](Cc1ccccc1)C(=O)N[C@@H](C)C(N)=O)Cc1ccccc1)C(C)=O. The molecule has 0 aromatic heterocycles. The van der Waals surface area contributed by atoms with Gasteiger partial charge in [-0.2, -0.15) is 0 Å². The van der Waals surface area contributed by atoms with E-state index in [0.29, 0.717) is 0 Å². The van der Waals surface area contributed by atoms with Crippen LogP contribution in [0.3, 0.4) is 0 Å². The molecule has 0 fully saturated rings. The lowest BCUT2D eigenvalue weighted by Crippen LogP contribution is -2.52. The zero-order valence-corrected chi connectivity index (χ0v) is 30.8. The second kappa shape index (κ2) is 23.4. The number of Topliss-reactive ketones (excluding diaryl/α,β-unsaturated/α-hetero) is 1. The molecule has 2 aromatic carbocycles. The van der Waals surface area contributed by atoms with Gasteiger partial charge in [-0.25, -0.2) is 0 Å². The number of nitrogens with two attached hydrogens (primary N) is 1. The summed E-state index contributed by atoms with van der Waals surface area (Å²) in [7, 11) is 2.89. The van der Waals surface area contributed by atoms with Crippen molar-refractivity contribution in [3.63, 3.8) is 0 Å². The lowest BCUT2D eigenvalue weighted by Gasteiger charge is -2.30. The molecule has 0 radical (unpaired) electrons. The number of carbonyl (C=O) groups is 7. The number of hydrogen-bond acceptors (Lipinski definition) is 10. The summed E-state index contributed by atoms with van der Waals surface area (Å²) in [6.07, 6.45) is -0.258. The Hall–Kier alpha value is -5.19. The Labute approximate surface area is 309 Å². The molecule has 0 heterocycles. The minimum Gasteiger partial charge on any atom is -0.394 e. The van der Waals surface area contributed by atoms with Gasteiger partial charge in [0.15, 0.2) is 5.78 Å². The predicted octanol–water partition coefficient (Wildman–Crippen LogP) is -0.730. The molecule has 0 aliphatic carbocycles. The molecule has 53 heavy (non-hydrogen) atoms. The molecular weight excluding hydrogens is 688 g/mol. The predicted molar refractivity (Wildman–Crippen MR) is 194 cm³/mol. The van der Waals surface area contributed by atoms with Gasteiger partial charge in [-0.15, -0.1) is 0 Å². The van der Waals surface area contributed by atoms with Crippen molar-refractivity contribution in [3.05, 3.63) is 71.8 Å². The lowest BCUT2D eigenvalue weighted by molar-refractivity contribution is -0.145. The number of methoxy groups -OCH3 is 2. The number of nitrogens with one attached hydrogen (secondary N) is 2. The lowest BCUT2D eigenvalue weighted by atomic mass is 9.91. The number of hydrogen-bond donors (Lipinski definition) is 4. The monoisotopic (exact) mass is 740 g/mol. The fourth-order valence-corrected chi connectivity index (χ4v) is 5.19. The summed E-state index contributed by atoms with van der Waals surface area (Å²) in [6, 6.07) is 15.4. The zero-order valence-electron chi connectivity index (χ0n) is 30.8. The molecule has 16 heteroatoms. The van der Waals surface area contributed by atoms with E-state index in [0.717, 1.165) is 16.0 Å². The van der Waals surface area contributed by atoms with E-state index in [2.05, 4.69) is 10.6 Å². The van der Waals surface area contributed by atoms with E-state index >= 15 is 0 Å². The van der Waals surface area contributed by atoms with Crippen molar-refractivity contribution >= 4 is 41.2 Å². The highest BCUT2D eigenvalue weighted by Gasteiger charge is 2.30. The van der Waals surface area contributed by atoms with Gasteiger partial charge in [0, 0.05) is 53.1 Å². The maximum absolute atomic E-state index is 13.7. The number of nitrogens with zero attached hydrogens (tertiary/aromatic N) is 3. The van der Waals surface area contributed by atoms with E-state index in [1.54, 1.807) is 60.7 Å². The van der Waals surface area contributed by atoms with Gasteiger partial charge in [0.2, 0.25) is 35.4 Å². The molecule has 6 amide bonds. The van der Waals surface area contributed by atoms with Gasteiger partial charge in [-0.3, -0.25) is 33.6 Å². The number of aliphatic hydroxyl groups is 1. The highest BCUT2D eigenvalue weighted by atomic mass is 16.5. The average Bonchev–Trinajstić information content (AvgIpc) is 3.13. The van der Waals surface area contributed by atoms with Crippen molar-refractivity contribution < 1.29 is 48.1 Å². The quantitative estimate of drug-likeness (QED) is 0.106. The number of aliphatic hydroxyl groups excluding tert-OH is 1. The minimum absolute atomic E-state index is 0.0430. The van der Waals surface area contributed by atoms with E-state index in [9.17, 15) is 38.7 Å². The van der Waals surface area contributed by atoms with Crippen molar-refractivity contribution in [1.29, 1.82) is 0 Å². The van der Waals surface area contributed by atoms with Crippen LogP contribution < -0.4 is 16.4 Å². The molecule has 16 nitrogen and oxygen atoms in total. The van der Waals surface area contributed by atoms with Gasteiger partial charge in [-0.05, 0) is 24.5 Å². The first-order valence-corrected chi connectivity index (χ1v) is 17.2. The molecule has 3 atom stereocenters. The van der Waals surface area contributed by atoms with Crippen LogP contribution in [-0.2, 0) is 56.0 Å². The Bertz CT molecular complexity index is 1510. The van der Waals surface area contributed by atoms with Gasteiger partial charge < -0.3 is 45.6 Å². The maximum Gasteiger partial charge on any atom is 0.242 e. The molecule has 0 spiro atoms. The zero-order chi connectivity index (χ0) is 39.3. The van der Waals surface area contributed by atoms with E-state index in [1.165, 1.54) is 37.9 Å². The molecular formula is C37H52N6O10. The summed E-state index contributed by atoms with van der Waals surface area (Å²) in [5.41, 5.74) is 6.77. The van der Waals surface area contributed by atoms with Gasteiger partial charge in [0.25, 0.3) is 0 Å². The van der Waals surface area contributed by atoms with Crippen LogP contribution in [0, 0.1) is 5.92 Å². The number of ketones is 1. The molecule has 290 valence electrons. The molecule has 2 rings (SSSR count). The van der Waals surface area contributed by atoms with Crippen molar-refractivity contribution in [3.8, 4) is 0 Å². The fourth-order valence-electron chi connectivity index (χ4n) is 5.19. The van der Waals surface area contributed by atoms with Crippen LogP contribution in [0.2, 0.25) is 0 Å². The van der Waals surface area contributed by atoms with Crippen molar-refractivity contribution in [2.75, 3.05) is 66.8 Å². The Morgan fingerprint density at radius 2 is 1.28 bits per heavy atom. The topological polar surface area (TPSA) is 218 Å². The first-order chi connectivity index (χ1) is 25.3. The molecule has 0 saturated carbocycles. The van der Waals surface area contributed by atoms with Crippen molar-refractivity contribution in [1.82, 2.24) is 25.3 Å². The van der Waals surface area contributed by atoms with Crippen molar-refractivity contribution in [2.24, 2.45) is 11.7 Å². The van der Waals surface area contributed by atoms with E-state index in [1.807, 2.05) is 0 Å². The van der Waals surface area contributed by atoms with Gasteiger partial charge in [-0.1, -0.05) is 60.7 Å². The first kappa shape index (κ1) is 44.0. The summed E-state index contributed by atoms with van der Waals surface area (Å²) >= 11 is 0. The summed E-state index contributed by atoms with van der Waals surface area (Å²) in [5, 5.41) is 15.1. The molecule has 0 aliphatic rings. The van der Waals surface area contributed by atoms with Crippen LogP contribution in [-0.4, -0.2) is 140 Å². The second-order valence-electron chi connectivity index (χ2n) is 12.5. The van der Waals surface area contributed by atoms with E-state index in [4.69, 9.17) is 15.2 Å². The van der Waals surface area contributed by atoms with Crippen molar-refractivity contribution in [2.45, 2.75) is 45.3 Å². The Kier molecular flexibility index (Phi) is 19.4. The third-order valence-corrected chi connectivity index (χ3v) is 8.32. The fraction of sp³-hybridized carbons (Fsp3) is 0.486. The standard InChI is InChI=1S/C37H52N6O10/c1-26(36(38)50)39-37(51)30(19-28-11-7-5-8-12-28)20-32(46)31(25-44)40-33(47)22-42(16-18-53-4)34(48)24-43(21-29-13-9-6-10-14-29)35(49)23-41(27(2)45)15-17-52-3/h5-14,26,30-31,44H,15-25H2,1-4H3,(H2,38,50)(H,39,51)(H,40,47)/t26-,30+,31?/m0/s1. The Balaban J connectivity index is 2.21. The van der Waals surface area contributed by atoms with Crippen LogP contribution in [0.5, 0.6) is 0 Å². The normalized spacial score (nSPS) is 12.5. The van der Waals surface area contributed by atoms with Crippen LogP contribution >= 0.6 is 0 Å². The molecule has 0 saturated heterocycles. The summed E-state index contributed by atoms with van der Waals surface area (Å²) in [4.78, 5) is 94.6. The van der Waals surface area contributed by atoms with Gasteiger partial charge in [0.1, 0.15) is 18.6 Å². The first-order valence-electron chi connectivity index (χ1n) is 17.2. The summed E-state index contributed by atoms with van der Waals surface area (Å²) in [6.45, 7) is 1.08. The van der Waals surface area contributed by atoms with Gasteiger partial charge in [0.05, 0.1) is 32.9 Å². The molecule has 1 unspecified atom stereocenters. The summed E-state index contributed by atoms with van der Waals surface area (Å²) < 4.78 is 10.2. The third-order valence-electron chi connectivity index (χ3n) is 8.32. The highest BCUT2D eigenvalue weighted by Crippen LogP contribution is 2.15. The third kappa shape index (κ3) is 15.9. The minimum atomic E-state index is -1.41. The number of benzene rings is 2. The number of primary amides is 1. The Morgan fingerprint density at radius 1 is 0.755 bits per heavy atom. The van der Waals surface area contributed by atoms with Crippen LogP contribution in [0.25, 0.3) is 0 Å². The maximum atomic E-state index is 13.7. The van der Waals surface area contributed by atoms with E-state index < -0.39 is 73.0 Å².